The van der Waals surface area contributed by atoms with E-state index in [4.69, 9.17) is 22.7 Å². The summed E-state index contributed by atoms with van der Waals surface area (Å²) in [6, 6.07) is 5.80. The van der Waals surface area contributed by atoms with Gasteiger partial charge in [-0.05, 0) is 43.0 Å². The van der Waals surface area contributed by atoms with Gasteiger partial charge < -0.3 is 10.5 Å². The second kappa shape index (κ2) is 5.85. The Kier molecular flexibility index (Phi) is 4.74. The quantitative estimate of drug-likeness (QED) is 0.799. The van der Waals surface area contributed by atoms with Gasteiger partial charge in [0.05, 0.1) is 6.61 Å². The summed E-state index contributed by atoms with van der Waals surface area (Å²) in [6.45, 7) is 7.13. The van der Waals surface area contributed by atoms with E-state index in [-0.39, 0.29) is 0 Å². The number of thiocarbonyl (C=S) groups is 1. The van der Waals surface area contributed by atoms with Crippen LogP contribution in [0.5, 0.6) is 5.75 Å². The third-order valence-electron chi connectivity index (χ3n) is 2.41. The third kappa shape index (κ3) is 3.81. The van der Waals surface area contributed by atoms with Gasteiger partial charge in [0, 0.05) is 5.56 Å². The second-order valence-electron chi connectivity index (χ2n) is 4.38. The van der Waals surface area contributed by atoms with Crippen molar-refractivity contribution >= 4 is 17.2 Å². The summed E-state index contributed by atoms with van der Waals surface area (Å²) < 4.78 is 5.70. The van der Waals surface area contributed by atoms with Crippen LogP contribution in [0.15, 0.2) is 18.2 Å². The maximum atomic E-state index is 5.70. The molecule has 1 aromatic carbocycles. The smallest absolute Gasteiger partial charge is 0.122 e. The Labute approximate surface area is 103 Å². The molecule has 3 heteroatoms. The lowest BCUT2D eigenvalue weighted by atomic mass is 10.1. The predicted octanol–water partition coefficient (Wildman–Crippen LogP) is 3.05. The zero-order valence-electron chi connectivity index (χ0n) is 10.1. The van der Waals surface area contributed by atoms with Crippen LogP contribution in [0.4, 0.5) is 0 Å². The molecule has 0 unspecified atom stereocenters. The Morgan fingerprint density at radius 3 is 2.62 bits per heavy atom. The molecule has 0 aliphatic heterocycles. The molecule has 2 N–H and O–H groups in total. The fraction of sp³-hybridized carbons (Fsp3) is 0.462. The van der Waals surface area contributed by atoms with Gasteiger partial charge in [-0.25, -0.2) is 0 Å². The maximum Gasteiger partial charge on any atom is 0.122 e. The van der Waals surface area contributed by atoms with Crippen molar-refractivity contribution in [2.24, 2.45) is 11.7 Å². The molecule has 0 fully saturated rings. The first-order valence-corrected chi connectivity index (χ1v) is 5.94. The van der Waals surface area contributed by atoms with Crippen molar-refractivity contribution in [1.82, 2.24) is 0 Å². The number of hydrogen-bond donors (Lipinski definition) is 1. The summed E-state index contributed by atoms with van der Waals surface area (Å²) in [7, 11) is 0. The van der Waals surface area contributed by atoms with Gasteiger partial charge in [-0.2, -0.15) is 0 Å². The van der Waals surface area contributed by atoms with E-state index in [1.165, 1.54) is 0 Å². The summed E-state index contributed by atoms with van der Waals surface area (Å²) in [5.41, 5.74) is 7.53. The van der Waals surface area contributed by atoms with Crippen molar-refractivity contribution in [2.45, 2.75) is 27.2 Å². The lowest BCUT2D eigenvalue weighted by Crippen LogP contribution is -2.10. The molecule has 2 nitrogen and oxygen atoms in total. The molecule has 1 rings (SSSR count). The monoisotopic (exact) mass is 237 g/mol. The molecule has 0 saturated carbocycles. The molecule has 0 aromatic heterocycles. The Morgan fingerprint density at radius 1 is 1.44 bits per heavy atom. The highest BCUT2D eigenvalue weighted by Crippen LogP contribution is 2.19. The number of benzene rings is 1. The highest BCUT2D eigenvalue weighted by atomic mass is 32.1. The number of aryl methyl sites for hydroxylation is 1. The van der Waals surface area contributed by atoms with Crippen LogP contribution in [0, 0.1) is 12.8 Å². The van der Waals surface area contributed by atoms with E-state index in [2.05, 4.69) is 13.8 Å². The first-order valence-electron chi connectivity index (χ1n) is 5.54. The lowest BCUT2D eigenvalue weighted by Gasteiger charge is -2.11. The summed E-state index contributed by atoms with van der Waals surface area (Å²) >= 11 is 4.92. The van der Waals surface area contributed by atoms with Gasteiger partial charge in [0.15, 0.2) is 0 Å². The Balaban J connectivity index is 2.64. The van der Waals surface area contributed by atoms with Crippen LogP contribution < -0.4 is 10.5 Å². The minimum atomic E-state index is 0.428. The molecule has 0 radical (unpaired) electrons. The fourth-order valence-electron chi connectivity index (χ4n) is 1.37. The van der Waals surface area contributed by atoms with Crippen LogP contribution in [-0.4, -0.2) is 11.6 Å². The standard InChI is InChI=1S/C13H19NOS/c1-9(2)6-7-15-12-5-4-11(13(14)16)8-10(12)3/h4-5,8-9H,6-7H2,1-3H3,(H2,14,16). The molecule has 0 atom stereocenters. The molecule has 0 spiro atoms. The summed E-state index contributed by atoms with van der Waals surface area (Å²) in [5.74, 6) is 1.58. The number of ether oxygens (including phenoxy) is 1. The van der Waals surface area contributed by atoms with Gasteiger partial charge in [0.2, 0.25) is 0 Å². The predicted molar refractivity (Wildman–Crippen MR) is 72.0 cm³/mol. The Hall–Kier alpha value is -1.09. The van der Waals surface area contributed by atoms with Crippen molar-refractivity contribution < 1.29 is 4.74 Å². The lowest BCUT2D eigenvalue weighted by molar-refractivity contribution is 0.288. The van der Waals surface area contributed by atoms with E-state index in [1.54, 1.807) is 0 Å². The molecule has 16 heavy (non-hydrogen) atoms. The molecular weight excluding hydrogens is 218 g/mol. The third-order valence-corrected chi connectivity index (χ3v) is 2.65. The van der Waals surface area contributed by atoms with Gasteiger partial charge in [-0.1, -0.05) is 26.1 Å². The molecule has 0 amide bonds. The molecule has 0 bridgehead atoms. The summed E-state index contributed by atoms with van der Waals surface area (Å²) in [6.07, 6.45) is 1.07. The first-order chi connectivity index (χ1) is 7.50. The van der Waals surface area contributed by atoms with Crippen molar-refractivity contribution in [3.8, 4) is 5.75 Å². The zero-order valence-corrected chi connectivity index (χ0v) is 10.9. The largest absolute Gasteiger partial charge is 0.493 e. The highest BCUT2D eigenvalue weighted by Gasteiger charge is 2.03. The van der Waals surface area contributed by atoms with E-state index < -0.39 is 0 Å². The van der Waals surface area contributed by atoms with E-state index in [1.807, 2.05) is 25.1 Å². The SMILES string of the molecule is Cc1cc(C(N)=S)ccc1OCCC(C)C. The number of hydrogen-bond acceptors (Lipinski definition) is 2. The second-order valence-corrected chi connectivity index (χ2v) is 4.82. The Morgan fingerprint density at radius 2 is 2.12 bits per heavy atom. The van der Waals surface area contributed by atoms with Crippen LogP contribution in [0.2, 0.25) is 0 Å². The molecule has 0 aliphatic carbocycles. The van der Waals surface area contributed by atoms with Gasteiger partial charge >= 0.3 is 0 Å². The van der Waals surface area contributed by atoms with E-state index in [9.17, 15) is 0 Å². The average Bonchev–Trinajstić information content (AvgIpc) is 2.19. The minimum Gasteiger partial charge on any atom is -0.493 e. The molecule has 1 aromatic rings. The van der Waals surface area contributed by atoms with Crippen molar-refractivity contribution in [3.05, 3.63) is 29.3 Å². The van der Waals surface area contributed by atoms with Crippen molar-refractivity contribution in [2.75, 3.05) is 6.61 Å². The molecule has 0 aliphatic rings. The van der Waals surface area contributed by atoms with Crippen molar-refractivity contribution in [3.63, 3.8) is 0 Å². The van der Waals surface area contributed by atoms with Gasteiger partial charge in [0.1, 0.15) is 10.7 Å². The molecule has 0 saturated heterocycles. The van der Waals surface area contributed by atoms with Gasteiger partial charge in [-0.15, -0.1) is 0 Å². The summed E-state index contributed by atoms with van der Waals surface area (Å²) in [4.78, 5) is 0.428. The van der Waals surface area contributed by atoms with Crippen LogP contribution in [0.3, 0.4) is 0 Å². The highest BCUT2D eigenvalue weighted by molar-refractivity contribution is 7.80. The zero-order chi connectivity index (χ0) is 12.1. The van der Waals surface area contributed by atoms with Crippen LogP contribution in [0.1, 0.15) is 31.4 Å². The van der Waals surface area contributed by atoms with Crippen LogP contribution >= 0.6 is 12.2 Å². The van der Waals surface area contributed by atoms with Crippen molar-refractivity contribution in [1.29, 1.82) is 0 Å². The minimum absolute atomic E-state index is 0.428. The average molecular weight is 237 g/mol. The maximum absolute atomic E-state index is 5.70. The topological polar surface area (TPSA) is 35.2 Å². The van der Waals surface area contributed by atoms with Crippen LogP contribution in [0.25, 0.3) is 0 Å². The van der Waals surface area contributed by atoms with Gasteiger partial charge in [0.25, 0.3) is 0 Å². The van der Waals surface area contributed by atoms with E-state index in [0.29, 0.717) is 10.9 Å². The first kappa shape index (κ1) is 13.0. The van der Waals surface area contributed by atoms with Crippen LogP contribution in [-0.2, 0) is 0 Å². The molecule has 0 heterocycles. The fourth-order valence-corrected chi connectivity index (χ4v) is 1.50. The van der Waals surface area contributed by atoms with Gasteiger partial charge in [-0.3, -0.25) is 0 Å². The summed E-state index contributed by atoms with van der Waals surface area (Å²) in [5, 5.41) is 0. The normalized spacial score (nSPS) is 10.5. The molecule has 88 valence electrons. The molecular formula is C13H19NOS. The Bertz CT molecular complexity index is 374. The number of rotatable bonds is 5. The van der Waals surface area contributed by atoms with E-state index in [0.717, 1.165) is 29.9 Å². The van der Waals surface area contributed by atoms with E-state index >= 15 is 0 Å². The number of nitrogens with two attached hydrogens (primary N) is 1.